The van der Waals surface area contributed by atoms with Crippen LogP contribution in [-0.2, 0) is 4.74 Å². The van der Waals surface area contributed by atoms with Crippen LogP contribution < -0.4 is 10.6 Å². The van der Waals surface area contributed by atoms with Crippen molar-refractivity contribution in [1.29, 1.82) is 0 Å². The van der Waals surface area contributed by atoms with Gasteiger partial charge in [-0.3, -0.25) is 9.78 Å². The average molecular weight is 293 g/mol. The lowest BCUT2D eigenvalue weighted by Gasteiger charge is -2.12. The first-order chi connectivity index (χ1) is 10.0. The number of aromatic nitrogens is 1. The molecule has 0 aliphatic carbocycles. The smallest absolute Gasteiger partial charge is 0.255 e. The van der Waals surface area contributed by atoms with Gasteiger partial charge in [0.15, 0.2) is 0 Å². The lowest BCUT2D eigenvalue weighted by molar-refractivity contribution is 0.0906. The van der Waals surface area contributed by atoms with Crippen LogP contribution >= 0.6 is 0 Å². The van der Waals surface area contributed by atoms with E-state index in [-0.39, 0.29) is 5.91 Å². The Kier molecular flexibility index (Phi) is 7.75. The highest BCUT2D eigenvalue weighted by molar-refractivity contribution is 5.99. The third kappa shape index (κ3) is 6.58. The van der Waals surface area contributed by atoms with Crippen LogP contribution in [0, 0.1) is 12.8 Å². The van der Waals surface area contributed by atoms with Crippen LogP contribution in [0.1, 0.15) is 43.2 Å². The van der Waals surface area contributed by atoms with E-state index in [0.717, 1.165) is 31.0 Å². The minimum absolute atomic E-state index is 0.120. The number of rotatable bonds is 9. The van der Waals surface area contributed by atoms with Crippen molar-refractivity contribution >= 4 is 11.6 Å². The second kappa shape index (κ2) is 9.34. The van der Waals surface area contributed by atoms with Gasteiger partial charge in [-0.2, -0.15) is 0 Å². The summed E-state index contributed by atoms with van der Waals surface area (Å²) < 4.78 is 5.48. The molecular formula is C16H27N3O2. The Morgan fingerprint density at radius 3 is 2.81 bits per heavy atom. The van der Waals surface area contributed by atoms with Gasteiger partial charge < -0.3 is 15.4 Å². The van der Waals surface area contributed by atoms with Crippen molar-refractivity contribution in [1.82, 2.24) is 10.3 Å². The van der Waals surface area contributed by atoms with Crippen molar-refractivity contribution < 1.29 is 9.53 Å². The van der Waals surface area contributed by atoms with E-state index in [2.05, 4.69) is 29.5 Å². The highest BCUT2D eigenvalue weighted by atomic mass is 16.5. The molecule has 0 atom stereocenters. The van der Waals surface area contributed by atoms with Crippen molar-refractivity contribution in [3.8, 4) is 0 Å². The zero-order valence-electron chi connectivity index (χ0n) is 13.5. The van der Waals surface area contributed by atoms with Crippen LogP contribution in [0.2, 0.25) is 0 Å². The van der Waals surface area contributed by atoms with Crippen LogP contribution in [0.5, 0.6) is 0 Å². The van der Waals surface area contributed by atoms with Gasteiger partial charge in [-0.1, -0.05) is 13.8 Å². The molecule has 21 heavy (non-hydrogen) atoms. The second-order valence-electron chi connectivity index (χ2n) is 5.45. The molecule has 1 heterocycles. The summed E-state index contributed by atoms with van der Waals surface area (Å²) in [6.45, 7) is 10.8. The molecule has 118 valence electrons. The molecule has 1 rings (SSSR count). The summed E-state index contributed by atoms with van der Waals surface area (Å²) >= 11 is 0. The summed E-state index contributed by atoms with van der Waals surface area (Å²) in [5.41, 5.74) is 2.28. The van der Waals surface area contributed by atoms with E-state index in [1.807, 2.05) is 19.9 Å². The lowest BCUT2D eigenvalue weighted by atomic mass is 10.1. The van der Waals surface area contributed by atoms with Crippen molar-refractivity contribution in [3.63, 3.8) is 0 Å². The molecule has 0 saturated heterocycles. The number of nitrogens with one attached hydrogen (secondary N) is 2. The summed E-state index contributed by atoms with van der Waals surface area (Å²) in [4.78, 5) is 16.3. The number of pyridine rings is 1. The molecule has 0 unspecified atom stereocenters. The van der Waals surface area contributed by atoms with Gasteiger partial charge in [-0.25, -0.2) is 0 Å². The summed E-state index contributed by atoms with van der Waals surface area (Å²) in [5.74, 6) is 0.520. The van der Waals surface area contributed by atoms with Gasteiger partial charge in [0.1, 0.15) is 0 Å². The lowest BCUT2D eigenvalue weighted by Crippen LogP contribution is -2.28. The molecule has 0 radical (unpaired) electrons. The van der Waals surface area contributed by atoms with E-state index in [1.165, 1.54) is 0 Å². The summed E-state index contributed by atoms with van der Waals surface area (Å²) in [6, 6.07) is 1.89. The predicted octanol–water partition coefficient (Wildman–Crippen LogP) is 2.61. The molecule has 2 N–H and O–H groups in total. The van der Waals surface area contributed by atoms with Crippen molar-refractivity contribution in [2.45, 2.75) is 34.1 Å². The highest BCUT2D eigenvalue weighted by Crippen LogP contribution is 2.15. The molecule has 5 nitrogen and oxygen atoms in total. The maximum atomic E-state index is 12.1. The molecule has 1 aromatic heterocycles. The molecule has 1 aromatic rings. The number of carbonyl (C=O) groups is 1. The Hall–Kier alpha value is -1.62. The standard InChI is InChI=1S/C16H27N3O2/c1-5-17-15-10-13(4)19-11-14(15)16(20)18-7-9-21-8-6-12(2)3/h10-12H,5-9H2,1-4H3,(H,17,19)(H,18,20). The van der Waals surface area contributed by atoms with Crippen LogP contribution in [0.15, 0.2) is 12.3 Å². The molecule has 0 saturated carbocycles. The van der Waals surface area contributed by atoms with Crippen LogP contribution in [0.4, 0.5) is 5.69 Å². The molecule has 0 bridgehead atoms. The largest absolute Gasteiger partial charge is 0.385 e. The summed E-state index contributed by atoms with van der Waals surface area (Å²) in [6.07, 6.45) is 2.66. The van der Waals surface area contributed by atoms with E-state index in [0.29, 0.717) is 24.6 Å². The first-order valence-electron chi connectivity index (χ1n) is 7.61. The van der Waals surface area contributed by atoms with Crippen LogP contribution in [-0.4, -0.2) is 37.2 Å². The minimum atomic E-state index is -0.120. The number of hydrogen-bond donors (Lipinski definition) is 2. The van der Waals surface area contributed by atoms with Crippen molar-refractivity contribution in [2.24, 2.45) is 5.92 Å². The van der Waals surface area contributed by atoms with E-state index < -0.39 is 0 Å². The number of anilines is 1. The number of nitrogens with zero attached hydrogens (tertiary/aromatic N) is 1. The van der Waals surface area contributed by atoms with Gasteiger partial charge in [0.05, 0.1) is 17.9 Å². The zero-order valence-corrected chi connectivity index (χ0v) is 13.5. The Morgan fingerprint density at radius 1 is 1.38 bits per heavy atom. The number of ether oxygens (including phenoxy) is 1. The Morgan fingerprint density at radius 2 is 2.14 bits per heavy atom. The predicted molar refractivity (Wildman–Crippen MR) is 85.7 cm³/mol. The highest BCUT2D eigenvalue weighted by Gasteiger charge is 2.11. The fraction of sp³-hybridized carbons (Fsp3) is 0.625. The van der Waals surface area contributed by atoms with Crippen LogP contribution in [0.3, 0.4) is 0 Å². The maximum absolute atomic E-state index is 12.1. The fourth-order valence-electron chi connectivity index (χ4n) is 1.83. The van der Waals surface area contributed by atoms with E-state index >= 15 is 0 Å². The Bertz CT molecular complexity index is 447. The molecular weight excluding hydrogens is 266 g/mol. The molecule has 5 heteroatoms. The third-order valence-corrected chi connectivity index (χ3v) is 3.02. The van der Waals surface area contributed by atoms with E-state index in [1.54, 1.807) is 6.20 Å². The molecule has 0 aromatic carbocycles. The van der Waals surface area contributed by atoms with Gasteiger partial charge in [-0.15, -0.1) is 0 Å². The number of aryl methyl sites for hydroxylation is 1. The Balaban J connectivity index is 2.41. The Labute approximate surface area is 127 Å². The molecule has 0 fully saturated rings. The van der Waals surface area contributed by atoms with Gasteiger partial charge in [-0.05, 0) is 32.3 Å². The van der Waals surface area contributed by atoms with E-state index in [4.69, 9.17) is 4.74 Å². The monoisotopic (exact) mass is 293 g/mol. The molecule has 0 aliphatic rings. The van der Waals surface area contributed by atoms with Crippen LogP contribution in [0.25, 0.3) is 0 Å². The van der Waals surface area contributed by atoms with E-state index in [9.17, 15) is 4.79 Å². The third-order valence-electron chi connectivity index (χ3n) is 3.02. The van der Waals surface area contributed by atoms with Crippen molar-refractivity contribution in [2.75, 3.05) is 31.6 Å². The van der Waals surface area contributed by atoms with Gasteiger partial charge in [0, 0.05) is 31.6 Å². The first kappa shape index (κ1) is 17.4. The minimum Gasteiger partial charge on any atom is -0.385 e. The SMILES string of the molecule is CCNc1cc(C)ncc1C(=O)NCCOCCC(C)C. The zero-order chi connectivity index (χ0) is 15.7. The van der Waals surface area contributed by atoms with Crippen molar-refractivity contribution in [3.05, 3.63) is 23.5 Å². The normalized spacial score (nSPS) is 10.7. The number of hydrogen-bond acceptors (Lipinski definition) is 4. The second-order valence-corrected chi connectivity index (χ2v) is 5.45. The quantitative estimate of drug-likeness (QED) is 0.687. The molecule has 1 amide bonds. The maximum Gasteiger partial charge on any atom is 0.255 e. The first-order valence-corrected chi connectivity index (χ1v) is 7.61. The summed E-state index contributed by atoms with van der Waals surface area (Å²) in [7, 11) is 0. The number of carbonyl (C=O) groups excluding carboxylic acids is 1. The number of amides is 1. The topological polar surface area (TPSA) is 63.2 Å². The summed E-state index contributed by atoms with van der Waals surface area (Å²) in [5, 5.41) is 6.05. The van der Waals surface area contributed by atoms with Gasteiger partial charge >= 0.3 is 0 Å². The van der Waals surface area contributed by atoms with Gasteiger partial charge in [0.25, 0.3) is 5.91 Å². The molecule has 0 spiro atoms. The molecule has 0 aliphatic heterocycles. The van der Waals surface area contributed by atoms with Gasteiger partial charge in [0.2, 0.25) is 0 Å². The average Bonchev–Trinajstić information content (AvgIpc) is 2.42. The fourth-order valence-corrected chi connectivity index (χ4v) is 1.83.